The van der Waals surface area contributed by atoms with E-state index in [1.54, 1.807) is 6.54 Å². The van der Waals surface area contributed by atoms with Crippen LogP contribution >= 0.6 is 0 Å². The molecule has 178 valence electrons. The van der Waals surface area contributed by atoms with E-state index in [0.29, 0.717) is 7.25 Å². The molecule has 2 aliphatic carbocycles. The molecule has 2 unspecified atom stereocenters. The Kier molecular flexibility index (Phi) is 5.82. The predicted molar refractivity (Wildman–Crippen MR) is 156 cm³/mol. The summed E-state index contributed by atoms with van der Waals surface area (Å²) in [4.78, 5) is 0. The summed E-state index contributed by atoms with van der Waals surface area (Å²) in [5.74, 6) is 0. The zero-order valence-electron chi connectivity index (χ0n) is 21.7. The van der Waals surface area contributed by atoms with Gasteiger partial charge in [0, 0.05) is 0 Å². The van der Waals surface area contributed by atoms with Crippen molar-refractivity contribution in [2.24, 2.45) is 0 Å². The number of aryl methyl sites for hydroxylation is 2. The van der Waals surface area contributed by atoms with Crippen molar-refractivity contribution < 1.29 is 17.4 Å². The van der Waals surface area contributed by atoms with Crippen molar-refractivity contribution in [2.75, 3.05) is 0 Å². The summed E-state index contributed by atoms with van der Waals surface area (Å²) in [5, 5.41) is 0. The second-order valence-corrected chi connectivity index (χ2v) is 39.6. The van der Waals surface area contributed by atoms with Gasteiger partial charge < -0.3 is 0 Å². The quantitative estimate of drug-likeness (QED) is 0.224. The van der Waals surface area contributed by atoms with Gasteiger partial charge in [-0.2, -0.15) is 0 Å². The molecule has 0 spiro atoms. The fourth-order valence-electron chi connectivity index (χ4n) is 7.65. The van der Waals surface area contributed by atoms with Crippen LogP contribution in [0.5, 0.6) is 0 Å². The molecule has 0 aliphatic heterocycles. The zero-order chi connectivity index (χ0) is 24.9. The van der Waals surface area contributed by atoms with Gasteiger partial charge in [0.1, 0.15) is 0 Å². The first kappa shape index (κ1) is 23.8. The molecule has 6 rings (SSSR count). The Bertz CT molecular complexity index is 1480. The molecular formula is C34H34SiZr. The molecule has 0 amide bonds. The Labute approximate surface area is 217 Å². The fourth-order valence-corrected chi connectivity index (χ4v) is 49.2. The Morgan fingerprint density at radius 3 is 1.31 bits per heavy atom. The van der Waals surface area contributed by atoms with E-state index in [4.69, 9.17) is 0 Å². The van der Waals surface area contributed by atoms with E-state index in [1.807, 2.05) is 0 Å². The van der Waals surface area contributed by atoms with Crippen molar-refractivity contribution in [2.45, 2.75) is 34.2 Å². The van der Waals surface area contributed by atoms with Crippen LogP contribution in [0.25, 0.3) is 12.2 Å². The first-order valence-corrected chi connectivity index (χ1v) is 24.6. The third kappa shape index (κ3) is 3.07. The third-order valence-corrected chi connectivity index (χ3v) is 51.0. The molecular weight excluding hydrogens is 528 g/mol. The number of benzene rings is 4. The number of hydrogen-bond acceptors (Lipinski definition) is 0. The van der Waals surface area contributed by atoms with Gasteiger partial charge in [0.05, 0.1) is 0 Å². The average Bonchev–Trinajstić information content (AvgIpc) is 3.53. The second-order valence-electron chi connectivity index (χ2n) is 11.1. The molecule has 4 aromatic rings. The molecule has 36 heavy (non-hydrogen) atoms. The van der Waals surface area contributed by atoms with Crippen LogP contribution in [0.15, 0.2) is 109 Å². The van der Waals surface area contributed by atoms with E-state index in [-0.39, 0.29) is 0 Å². The fraction of sp³-hybridized carbons (Fsp3) is 0.176. The Morgan fingerprint density at radius 1 is 0.528 bits per heavy atom. The minimum absolute atomic E-state index is 0.428. The third-order valence-electron chi connectivity index (χ3n) is 9.32. The van der Waals surface area contributed by atoms with Crippen LogP contribution in [-0.2, 0) is 17.4 Å². The monoisotopic (exact) mass is 560 g/mol. The van der Waals surface area contributed by atoms with Crippen molar-refractivity contribution in [1.82, 2.24) is 0 Å². The summed E-state index contributed by atoms with van der Waals surface area (Å²) in [6.45, 7) is 9.72. The summed E-state index contributed by atoms with van der Waals surface area (Å²) in [6, 6.07) is 38.0. The van der Waals surface area contributed by atoms with Gasteiger partial charge in [-0.25, -0.2) is 0 Å². The van der Waals surface area contributed by atoms with Crippen LogP contribution in [0, 0.1) is 13.8 Å². The Hall–Kier alpha value is -2.54. The van der Waals surface area contributed by atoms with Gasteiger partial charge in [0.2, 0.25) is 0 Å². The molecule has 2 heteroatoms. The van der Waals surface area contributed by atoms with Crippen LogP contribution in [0.1, 0.15) is 40.6 Å². The Morgan fingerprint density at radius 2 is 0.917 bits per heavy atom. The van der Waals surface area contributed by atoms with Gasteiger partial charge >= 0.3 is 218 Å². The maximum absolute atomic E-state index is 4.34. The summed E-state index contributed by atoms with van der Waals surface area (Å²) < 4.78 is 4.14. The van der Waals surface area contributed by atoms with Gasteiger partial charge in [0.25, 0.3) is 0 Å². The van der Waals surface area contributed by atoms with E-state index in [1.165, 1.54) is 33.4 Å². The topological polar surface area (TPSA) is 0 Å². The molecule has 0 N–H and O–H groups in total. The van der Waals surface area contributed by atoms with Crippen molar-refractivity contribution in [3.8, 4) is 0 Å². The molecule has 2 aliphatic rings. The van der Waals surface area contributed by atoms with Crippen LogP contribution < -0.4 is 6.54 Å². The number of hydrogen-bond donors (Lipinski definition) is 0. The van der Waals surface area contributed by atoms with E-state index < -0.39 is 22.8 Å². The average molecular weight is 562 g/mol. The summed E-state index contributed by atoms with van der Waals surface area (Å²) in [7, 11) is 0. The van der Waals surface area contributed by atoms with Crippen molar-refractivity contribution >= 4 is 24.1 Å². The van der Waals surface area contributed by atoms with Gasteiger partial charge in [-0.05, 0) is 0 Å². The summed E-state index contributed by atoms with van der Waals surface area (Å²) >= 11 is -4.34. The first-order valence-electron chi connectivity index (χ1n) is 13.1. The Balaban J connectivity index is 1.87. The second kappa shape index (κ2) is 8.79. The molecule has 2 atom stereocenters. The molecule has 0 aromatic heterocycles. The van der Waals surface area contributed by atoms with Crippen molar-refractivity contribution in [1.29, 1.82) is 0 Å². The summed E-state index contributed by atoms with van der Waals surface area (Å²) in [6.07, 6.45) is 10.1. The zero-order valence-corrected chi connectivity index (χ0v) is 25.2. The van der Waals surface area contributed by atoms with Crippen molar-refractivity contribution in [3.63, 3.8) is 0 Å². The molecule has 4 aromatic carbocycles. The number of rotatable bonds is 4. The minimum atomic E-state index is -4.34. The van der Waals surface area contributed by atoms with E-state index in [2.05, 4.69) is 148 Å². The molecule has 0 saturated heterocycles. The SMILES string of the molecule is Cc1cc[c]([Zr]([c]2ccc(C)cc2)([CH]2C=Cc3ccccc32)([CH]2C=Cc3ccccc32)=[Si](C)C)cc1. The van der Waals surface area contributed by atoms with E-state index in [0.717, 1.165) is 0 Å². The van der Waals surface area contributed by atoms with Crippen LogP contribution in [-0.4, -0.2) is 5.43 Å². The molecule has 0 bridgehead atoms. The molecule has 0 radical (unpaired) electrons. The van der Waals surface area contributed by atoms with Crippen molar-refractivity contribution in [3.05, 3.63) is 143 Å². The van der Waals surface area contributed by atoms with Gasteiger partial charge in [-0.15, -0.1) is 0 Å². The number of allylic oxidation sites excluding steroid dienone is 2. The van der Waals surface area contributed by atoms with E-state index in [9.17, 15) is 0 Å². The van der Waals surface area contributed by atoms with E-state index >= 15 is 0 Å². The number of fused-ring (bicyclic) bond motifs is 2. The molecule has 0 nitrogen and oxygen atoms in total. The normalized spacial score (nSPS) is 18.2. The maximum atomic E-state index is 2.64. The molecule has 0 heterocycles. The van der Waals surface area contributed by atoms with Crippen LogP contribution in [0.4, 0.5) is 0 Å². The summed E-state index contributed by atoms with van der Waals surface area (Å²) in [5.41, 5.74) is 7.69. The van der Waals surface area contributed by atoms with Gasteiger partial charge in [-0.3, -0.25) is 0 Å². The standard InChI is InChI=1S/2C9H7.2C7H7.C2H6Si.Zr/c2*1-2-5-9-7-3-6-8(9)4-1;2*1-7-5-3-2-4-6-7;1-3-2;/h2*1-7H;2*3-6H,1H3;1-2H3;. The predicted octanol–water partition coefficient (Wildman–Crippen LogP) is 7.73. The van der Waals surface area contributed by atoms with Crippen LogP contribution in [0.3, 0.4) is 0 Å². The first-order chi connectivity index (χ1) is 17.5. The van der Waals surface area contributed by atoms with Gasteiger partial charge in [-0.1, -0.05) is 0 Å². The molecule has 0 fully saturated rings. The van der Waals surface area contributed by atoms with Crippen LogP contribution in [0.2, 0.25) is 13.1 Å². The van der Waals surface area contributed by atoms with Gasteiger partial charge in [0.15, 0.2) is 0 Å². The molecule has 0 saturated carbocycles.